The van der Waals surface area contributed by atoms with Gasteiger partial charge in [0.25, 0.3) is 0 Å². The van der Waals surface area contributed by atoms with E-state index in [1.165, 1.54) is 10.6 Å². The maximum atomic E-state index is 12.3. The number of hydrogen-bond acceptors (Lipinski definition) is 8. The zero-order chi connectivity index (χ0) is 20.0. The van der Waals surface area contributed by atoms with Crippen molar-refractivity contribution >= 4 is 27.4 Å². The summed E-state index contributed by atoms with van der Waals surface area (Å²) in [4.78, 5) is 14.5. The molecule has 1 aromatic heterocycles. The summed E-state index contributed by atoms with van der Waals surface area (Å²) in [6, 6.07) is 1.95. The zero-order valence-corrected chi connectivity index (χ0v) is 16.9. The van der Waals surface area contributed by atoms with Gasteiger partial charge in [0.1, 0.15) is 0 Å². The summed E-state index contributed by atoms with van der Waals surface area (Å²) in [6.45, 7) is 4.89. The third-order valence-corrected chi connectivity index (χ3v) is 6.34. The fourth-order valence-corrected chi connectivity index (χ4v) is 4.28. The molecule has 0 unspecified atom stereocenters. The summed E-state index contributed by atoms with van der Waals surface area (Å²) in [5.74, 6) is 0.505. The van der Waals surface area contributed by atoms with Gasteiger partial charge in [-0.25, -0.2) is 12.7 Å². The average Bonchev–Trinajstić information content (AvgIpc) is 2.71. The summed E-state index contributed by atoms with van der Waals surface area (Å²) in [7, 11) is -3.17. The largest absolute Gasteiger partial charge is 0.378 e. The van der Waals surface area contributed by atoms with Gasteiger partial charge >= 0.3 is 0 Å². The van der Waals surface area contributed by atoms with E-state index in [4.69, 9.17) is 4.74 Å². The standard InChI is InChI=1S/C17H28N6O4S/c1-28(25,26)23-6-2-14(3-7-23)17(24)19-5-4-18-16-12-15(13-20-21-16)22-8-10-27-11-9-22/h12-14H,2-11H2,1H3,(H,18,21)(H,19,24). The topological polar surface area (TPSA) is 117 Å². The first-order chi connectivity index (χ1) is 13.4. The van der Waals surface area contributed by atoms with E-state index in [1.807, 2.05) is 6.07 Å². The molecule has 0 saturated carbocycles. The maximum Gasteiger partial charge on any atom is 0.223 e. The second kappa shape index (κ2) is 9.48. The Morgan fingerprint density at radius 2 is 1.93 bits per heavy atom. The van der Waals surface area contributed by atoms with Crippen molar-refractivity contribution < 1.29 is 17.9 Å². The summed E-state index contributed by atoms with van der Waals surface area (Å²) >= 11 is 0. The van der Waals surface area contributed by atoms with Crippen molar-refractivity contribution in [2.75, 3.05) is 69.0 Å². The van der Waals surface area contributed by atoms with Crippen LogP contribution in [0.15, 0.2) is 12.3 Å². The number of aromatic nitrogens is 2. The lowest BCUT2D eigenvalue weighted by atomic mass is 9.97. The summed E-state index contributed by atoms with van der Waals surface area (Å²) in [6.07, 6.45) is 4.05. The molecule has 0 aromatic carbocycles. The van der Waals surface area contributed by atoms with Crippen molar-refractivity contribution in [2.24, 2.45) is 5.92 Å². The molecule has 0 radical (unpaired) electrons. The average molecular weight is 413 g/mol. The van der Waals surface area contributed by atoms with Gasteiger partial charge in [-0.15, -0.1) is 5.10 Å². The lowest BCUT2D eigenvalue weighted by Crippen LogP contribution is -2.43. The SMILES string of the molecule is CS(=O)(=O)N1CCC(C(=O)NCCNc2cc(N3CCOCC3)cnn2)CC1. The number of nitrogens with zero attached hydrogens (tertiary/aromatic N) is 4. The van der Waals surface area contributed by atoms with Crippen LogP contribution in [0.1, 0.15) is 12.8 Å². The van der Waals surface area contributed by atoms with Gasteiger partial charge in [-0.2, -0.15) is 5.10 Å². The molecule has 3 rings (SSSR count). The Morgan fingerprint density at radius 1 is 1.21 bits per heavy atom. The number of rotatable bonds is 7. The number of carbonyl (C=O) groups is 1. The normalized spacial score (nSPS) is 19.4. The molecule has 2 aliphatic heterocycles. The molecule has 3 heterocycles. The Balaban J connectivity index is 1.38. The quantitative estimate of drug-likeness (QED) is 0.577. The van der Waals surface area contributed by atoms with E-state index < -0.39 is 10.0 Å². The Bertz CT molecular complexity index is 761. The van der Waals surface area contributed by atoms with Crippen LogP contribution < -0.4 is 15.5 Å². The zero-order valence-electron chi connectivity index (χ0n) is 16.1. The number of ether oxygens (including phenoxy) is 1. The second-order valence-corrected chi connectivity index (χ2v) is 9.03. The van der Waals surface area contributed by atoms with Crippen molar-refractivity contribution in [2.45, 2.75) is 12.8 Å². The lowest BCUT2D eigenvalue weighted by molar-refractivity contribution is -0.126. The van der Waals surface area contributed by atoms with E-state index in [-0.39, 0.29) is 11.8 Å². The van der Waals surface area contributed by atoms with Crippen LogP contribution in [-0.4, -0.2) is 87.6 Å². The van der Waals surface area contributed by atoms with Gasteiger partial charge in [-0.1, -0.05) is 0 Å². The highest BCUT2D eigenvalue weighted by atomic mass is 32.2. The van der Waals surface area contributed by atoms with E-state index in [1.54, 1.807) is 6.20 Å². The monoisotopic (exact) mass is 412 g/mol. The van der Waals surface area contributed by atoms with Crippen LogP contribution in [0.3, 0.4) is 0 Å². The highest BCUT2D eigenvalue weighted by Gasteiger charge is 2.28. The van der Waals surface area contributed by atoms with E-state index in [9.17, 15) is 13.2 Å². The number of piperidine rings is 1. The first-order valence-corrected chi connectivity index (χ1v) is 11.4. The second-order valence-electron chi connectivity index (χ2n) is 7.05. The molecule has 0 bridgehead atoms. The van der Waals surface area contributed by atoms with Gasteiger partial charge < -0.3 is 20.3 Å². The lowest BCUT2D eigenvalue weighted by Gasteiger charge is -2.29. The number of carbonyl (C=O) groups excluding carboxylic acids is 1. The molecule has 1 amide bonds. The van der Waals surface area contributed by atoms with Gasteiger partial charge in [-0.3, -0.25) is 4.79 Å². The molecule has 1 aromatic rings. The highest BCUT2D eigenvalue weighted by molar-refractivity contribution is 7.88. The van der Waals surface area contributed by atoms with Crippen molar-refractivity contribution in [3.63, 3.8) is 0 Å². The number of hydrogen-bond donors (Lipinski definition) is 2. The minimum Gasteiger partial charge on any atom is -0.378 e. The maximum absolute atomic E-state index is 12.3. The van der Waals surface area contributed by atoms with Gasteiger partial charge in [0, 0.05) is 51.3 Å². The molecular formula is C17H28N6O4S. The predicted molar refractivity (Wildman–Crippen MR) is 106 cm³/mol. The third kappa shape index (κ3) is 5.76. The van der Waals surface area contributed by atoms with Crippen molar-refractivity contribution in [3.8, 4) is 0 Å². The number of morpholine rings is 1. The summed E-state index contributed by atoms with van der Waals surface area (Å²) in [5.41, 5.74) is 1.00. The summed E-state index contributed by atoms with van der Waals surface area (Å²) < 4.78 is 29.8. The van der Waals surface area contributed by atoms with Crippen LogP contribution in [0, 0.1) is 5.92 Å². The molecule has 2 fully saturated rings. The minimum atomic E-state index is -3.17. The van der Waals surface area contributed by atoms with Crippen LogP contribution in [-0.2, 0) is 19.6 Å². The number of nitrogens with one attached hydrogen (secondary N) is 2. The Morgan fingerprint density at radius 3 is 2.61 bits per heavy atom. The highest BCUT2D eigenvalue weighted by Crippen LogP contribution is 2.19. The Hall–Kier alpha value is -1.98. The van der Waals surface area contributed by atoms with Gasteiger partial charge in [0.2, 0.25) is 15.9 Å². The predicted octanol–water partition coefficient (Wildman–Crippen LogP) is -0.487. The van der Waals surface area contributed by atoms with Gasteiger partial charge in [0.05, 0.1) is 31.4 Å². The first kappa shape index (κ1) is 20.7. The van der Waals surface area contributed by atoms with Crippen LogP contribution >= 0.6 is 0 Å². The Kier molecular flexibility index (Phi) is 7.03. The molecule has 0 spiro atoms. The molecule has 2 aliphatic rings. The number of amides is 1. The molecular weight excluding hydrogens is 384 g/mol. The number of sulfonamides is 1. The minimum absolute atomic E-state index is 0.0249. The Labute approximate surface area is 165 Å². The molecule has 10 nitrogen and oxygen atoms in total. The van der Waals surface area contributed by atoms with E-state index in [0.29, 0.717) is 58.1 Å². The van der Waals surface area contributed by atoms with Crippen molar-refractivity contribution in [1.82, 2.24) is 19.8 Å². The van der Waals surface area contributed by atoms with Crippen LogP contribution in [0.25, 0.3) is 0 Å². The van der Waals surface area contributed by atoms with E-state index >= 15 is 0 Å². The van der Waals surface area contributed by atoms with Crippen molar-refractivity contribution in [1.29, 1.82) is 0 Å². The van der Waals surface area contributed by atoms with Gasteiger partial charge in [-0.05, 0) is 12.8 Å². The molecule has 0 atom stereocenters. The van der Waals surface area contributed by atoms with Crippen molar-refractivity contribution in [3.05, 3.63) is 12.3 Å². The van der Waals surface area contributed by atoms with Gasteiger partial charge in [0.15, 0.2) is 5.82 Å². The third-order valence-electron chi connectivity index (χ3n) is 5.04. The fourth-order valence-electron chi connectivity index (χ4n) is 3.41. The summed E-state index contributed by atoms with van der Waals surface area (Å²) in [5, 5.41) is 14.2. The number of anilines is 2. The molecule has 0 aliphatic carbocycles. The molecule has 2 N–H and O–H groups in total. The van der Waals surface area contributed by atoms with E-state index in [0.717, 1.165) is 18.8 Å². The molecule has 11 heteroatoms. The molecule has 28 heavy (non-hydrogen) atoms. The van der Waals surface area contributed by atoms with E-state index in [2.05, 4.69) is 25.7 Å². The van der Waals surface area contributed by atoms with Crippen LogP contribution in [0.4, 0.5) is 11.5 Å². The molecule has 2 saturated heterocycles. The fraction of sp³-hybridized carbons (Fsp3) is 0.706. The van der Waals surface area contributed by atoms with Crippen LogP contribution in [0.5, 0.6) is 0 Å². The van der Waals surface area contributed by atoms with Crippen LogP contribution in [0.2, 0.25) is 0 Å². The smallest absolute Gasteiger partial charge is 0.223 e. The molecule has 156 valence electrons. The first-order valence-electron chi connectivity index (χ1n) is 9.55.